The van der Waals surface area contributed by atoms with Crippen LogP contribution in [-0.2, 0) is 24.2 Å². The second-order valence-corrected chi connectivity index (χ2v) is 11.4. The fourth-order valence-electron chi connectivity index (χ4n) is 6.07. The van der Waals surface area contributed by atoms with Crippen LogP contribution in [-0.4, -0.2) is 63.6 Å². The van der Waals surface area contributed by atoms with Crippen LogP contribution in [0.5, 0.6) is 11.5 Å². The topological polar surface area (TPSA) is 107 Å². The van der Waals surface area contributed by atoms with E-state index in [1.54, 1.807) is 31.0 Å². The smallest absolute Gasteiger partial charge is 0.253 e. The average Bonchev–Trinajstić information content (AvgIpc) is 3.74. The maximum Gasteiger partial charge on any atom is 0.253 e. The fraction of sp³-hybridized carbons (Fsp3) is 0.353. The molecule has 1 fully saturated rings. The molecule has 0 bridgehead atoms. The number of para-hydroxylation sites is 1. The van der Waals surface area contributed by atoms with E-state index in [1.807, 2.05) is 55.5 Å². The highest BCUT2D eigenvalue weighted by atomic mass is 19.1. The van der Waals surface area contributed by atoms with Crippen LogP contribution in [0.1, 0.15) is 47.0 Å². The molecule has 45 heavy (non-hydrogen) atoms. The number of nitrogens with one attached hydrogen (secondary N) is 1. The third-order valence-electron chi connectivity index (χ3n) is 8.45. The number of tetrazole rings is 1. The van der Waals surface area contributed by atoms with Crippen LogP contribution in [0, 0.1) is 12.7 Å². The summed E-state index contributed by atoms with van der Waals surface area (Å²) < 4.78 is 33.8. The highest BCUT2D eigenvalue weighted by molar-refractivity contribution is 5.82. The number of H-pyrrole nitrogens is 1. The lowest BCUT2D eigenvalue weighted by Gasteiger charge is -2.31. The Bertz CT molecular complexity index is 1830. The van der Waals surface area contributed by atoms with Gasteiger partial charge in [-0.05, 0) is 77.4 Å². The molecule has 11 heteroatoms. The number of halogens is 1. The largest absolute Gasteiger partial charge is 0.493 e. The summed E-state index contributed by atoms with van der Waals surface area (Å²) in [7, 11) is 3.20. The molecule has 1 N–H and O–H groups in total. The lowest BCUT2D eigenvalue weighted by Crippen LogP contribution is -2.37. The Hall–Kier alpha value is -4.61. The van der Waals surface area contributed by atoms with Gasteiger partial charge in [-0.1, -0.05) is 42.5 Å². The van der Waals surface area contributed by atoms with E-state index in [0.717, 1.165) is 34.9 Å². The van der Waals surface area contributed by atoms with Crippen LogP contribution < -0.4 is 15.0 Å². The zero-order valence-corrected chi connectivity index (χ0v) is 25.7. The Morgan fingerprint density at radius 1 is 1.09 bits per heavy atom. The lowest BCUT2D eigenvalue weighted by atomic mass is 10.00. The Balaban J connectivity index is 1.47. The molecule has 1 aliphatic heterocycles. The first-order valence-corrected chi connectivity index (χ1v) is 15.1. The monoisotopic (exact) mass is 612 g/mol. The summed E-state index contributed by atoms with van der Waals surface area (Å²) >= 11 is 0. The van der Waals surface area contributed by atoms with Gasteiger partial charge in [0.05, 0.1) is 32.4 Å². The molecule has 1 aliphatic rings. The summed E-state index contributed by atoms with van der Waals surface area (Å²) in [5.41, 5.74) is 3.45. The van der Waals surface area contributed by atoms with Crippen molar-refractivity contribution in [3.63, 3.8) is 0 Å². The average molecular weight is 613 g/mol. The van der Waals surface area contributed by atoms with Crippen molar-refractivity contribution in [2.75, 3.05) is 27.4 Å². The van der Waals surface area contributed by atoms with Crippen LogP contribution in [0.3, 0.4) is 0 Å². The molecule has 0 unspecified atom stereocenters. The van der Waals surface area contributed by atoms with Gasteiger partial charge in [0.2, 0.25) is 0 Å². The molecule has 1 saturated heterocycles. The predicted octanol–water partition coefficient (Wildman–Crippen LogP) is 4.99. The number of benzene rings is 3. The van der Waals surface area contributed by atoms with Gasteiger partial charge < -0.3 is 19.2 Å². The van der Waals surface area contributed by atoms with E-state index in [1.165, 1.54) is 6.07 Å². The van der Waals surface area contributed by atoms with Gasteiger partial charge in [0.15, 0.2) is 17.3 Å². The number of pyridine rings is 1. The van der Waals surface area contributed by atoms with E-state index in [4.69, 9.17) is 14.2 Å². The third kappa shape index (κ3) is 6.59. The van der Waals surface area contributed by atoms with Gasteiger partial charge in [-0.3, -0.25) is 9.69 Å². The van der Waals surface area contributed by atoms with Crippen molar-refractivity contribution >= 4 is 10.9 Å². The lowest BCUT2D eigenvalue weighted by molar-refractivity contribution is 0.0906. The van der Waals surface area contributed by atoms with Gasteiger partial charge in [0.1, 0.15) is 11.9 Å². The van der Waals surface area contributed by atoms with E-state index < -0.39 is 6.04 Å². The molecule has 0 aliphatic carbocycles. The molecule has 2 atom stereocenters. The molecule has 3 aromatic carbocycles. The van der Waals surface area contributed by atoms with E-state index in [9.17, 15) is 4.79 Å². The Morgan fingerprint density at radius 3 is 2.71 bits per heavy atom. The van der Waals surface area contributed by atoms with Crippen molar-refractivity contribution in [3.8, 4) is 11.5 Å². The number of rotatable bonds is 12. The summed E-state index contributed by atoms with van der Waals surface area (Å²) in [6.45, 7) is 3.77. The van der Waals surface area contributed by atoms with Crippen molar-refractivity contribution in [1.82, 2.24) is 30.1 Å². The molecule has 2 aromatic heterocycles. The molecule has 10 nitrogen and oxygen atoms in total. The number of nitrogens with zero attached hydrogens (tertiary/aromatic N) is 5. The van der Waals surface area contributed by atoms with E-state index in [2.05, 4.69) is 25.4 Å². The molecular weight excluding hydrogens is 575 g/mol. The van der Waals surface area contributed by atoms with E-state index in [0.29, 0.717) is 54.6 Å². The maximum atomic E-state index is 15.2. The first-order valence-electron chi connectivity index (χ1n) is 15.1. The molecule has 0 amide bonds. The Kier molecular flexibility index (Phi) is 9.18. The molecule has 5 aromatic rings. The summed E-state index contributed by atoms with van der Waals surface area (Å²) in [5, 5.41) is 13.8. The van der Waals surface area contributed by atoms with Crippen molar-refractivity contribution in [1.29, 1.82) is 0 Å². The second kappa shape index (κ2) is 13.6. The summed E-state index contributed by atoms with van der Waals surface area (Å²) in [6.07, 6.45) is 2.42. The zero-order chi connectivity index (χ0) is 31.3. The molecule has 6 rings (SSSR count). The third-order valence-corrected chi connectivity index (χ3v) is 8.45. The van der Waals surface area contributed by atoms with Crippen LogP contribution in [0.25, 0.3) is 10.9 Å². The van der Waals surface area contributed by atoms with Gasteiger partial charge in [-0.2, -0.15) is 0 Å². The van der Waals surface area contributed by atoms with Crippen LogP contribution >= 0.6 is 0 Å². The van der Waals surface area contributed by atoms with Crippen LogP contribution in [0.2, 0.25) is 0 Å². The Morgan fingerprint density at radius 2 is 1.93 bits per heavy atom. The van der Waals surface area contributed by atoms with E-state index >= 15 is 4.39 Å². The number of aromatic nitrogens is 5. The highest BCUT2D eigenvalue weighted by Gasteiger charge is 2.32. The number of aromatic amines is 1. The normalized spacial score (nSPS) is 15.5. The fourth-order valence-corrected chi connectivity index (χ4v) is 6.07. The minimum Gasteiger partial charge on any atom is -0.493 e. The molecule has 0 saturated carbocycles. The summed E-state index contributed by atoms with van der Waals surface area (Å²) in [5.74, 6) is 1.42. The molecular formula is C34H37FN6O4. The summed E-state index contributed by atoms with van der Waals surface area (Å²) in [6, 6.07) is 19.6. The van der Waals surface area contributed by atoms with Crippen molar-refractivity contribution in [2.24, 2.45) is 0 Å². The number of hydrogen-bond donors (Lipinski definition) is 1. The first-order chi connectivity index (χ1) is 21.9. The quantitative estimate of drug-likeness (QED) is 0.210. The maximum absolute atomic E-state index is 15.2. The van der Waals surface area contributed by atoms with Gasteiger partial charge in [0.25, 0.3) is 5.56 Å². The number of methoxy groups -OCH3 is 2. The van der Waals surface area contributed by atoms with Gasteiger partial charge >= 0.3 is 0 Å². The number of ether oxygens (including phenoxy) is 3. The van der Waals surface area contributed by atoms with Crippen LogP contribution in [0.4, 0.5) is 4.39 Å². The zero-order valence-electron chi connectivity index (χ0n) is 25.7. The number of aryl methyl sites for hydroxylation is 1. The predicted molar refractivity (Wildman–Crippen MR) is 168 cm³/mol. The summed E-state index contributed by atoms with van der Waals surface area (Å²) in [4.78, 5) is 19.1. The highest BCUT2D eigenvalue weighted by Crippen LogP contribution is 2.32. The number of fused-ring (bicyclic) bond motifs is 1. The van der Waals surface area contributed by atoms with Gasteiger partial charge in [-0.15, -0.1) is 5.10 Å². The van der Waals surface area contributed by atoms with Crippen LogP contribution in [0.15, 0.2) is 71.5 Å². The standard InChI is InChI=1S/C34H37FN6O4/c1-22-8-6-10-24-19-27(34(42)36-31(22)24)32(33-37-38-39-41(33)21-26-11-7-17-45-26)40(20-25-9-4-5-12-28(25)35)16-15-23-13-14-29(43-2)30(18-23)44-3/h4-6,8-10,12-14,18-19,26,32H,7,11,15-17,20-21H2,1-3H3,(H,36,42)/t26-,32-/m0/s1. The minimum atomic E-state index is -0.699. The second-order valence-electron chi connectivity index (χ2n) is 11.4. The van der Waals surface area contributed by atoms with E-state index in [-0.39, 0.29) is 24.0 Å². The Labute approximate surface area is 260 Å². The molecule has 3 heterocycles. The molecule has 0 spiro atoms. The van der Waals surface area contributed by atoms with Crippen molar-refractivity contribution < 1.29 is 18.6 Å². The minimum absolute atomic E-state index is 0.0304. The number of hydrogen-bond acceptors (Lipinski definition) is 8. The first kappa shape index (κ1) is 30.4. The molecule has 0 radical (unpaired) electrons. The van der Waals surface area contributed by atoms with Crippen molar-refractivity contribution in [3.05, 3.63) is 111 Å². The van der Waals surface area contributed by atoms with Gasteiger partial charge in [-0.25, -0.2) is 9.07 Å². The molecule has 234 valence electrons. The SMILES string of the molecule is COc1ccc(CCN(Cc2ccccc2F)[C@@H](c2cc3cccc(C)c3[nH]c2=O)c2nnnn2C[C@@H]2CCCO2)cc1OC. The van der Waals surface area contributed by atoms with Gasteiger partial charge in [0, 0.05) is 30.8 Å². The van der Waals surface area contributed by atoms with Crippen molar-refractivity contribution in [2.45, 2.75) is 51.4 Å².